The molecule has 0 aromatic carbocycles. The van der Waals surface area contributed by atoms with Gasteiger partial charge in [-0.1, -0.05) is 6.92 Å². The van der Waals surface area contributed by atoms with Crippen LogP contribution in [0.3, 0.4) is 0 Å². The van der Waals surface area contributed by atoms with Gasteiger partial charge in [0.1, 0.15) is 23.9 Å². The first-order valence-electron chi connectivity index (χ1n) is 5.68. The molecule has 0 aliphatic rings. The van der Waals surface area contributed by atoms with Crippen LogP contribution in [0, 0.1) is 11.3 Å². The first kappa shape index (κ1) is 15.2. The minimum absolute atomic E-state index is 0.0384. The van der Waals surface area contributed by atoms with E-state index in [1.54, 1.807) is 6.07 Å². The smallest absolute Gasteiger partial charge is 0.433 e. The van der Waals surface area contributed by atoms with Gasteiger partial charge in [-0.25, -0.2) is 4.98 Å². The zero-order valence-corrected chi connectivity index (χ0v) is 10.3. The number of rotatable bonds is 6. The molecule has 1 heterocycles. The van der Waals surface area contributed by atoms with E-state index < -0.39 is 11.9 Å². The first-order chi connectivity index (χ1) is 8.99. The monoisotopic (exact) mass is 274 g/mol. The van der Waals surface area contributed by atoms with Crippen LogP contribution in [0.25, 0.3) is 0 Å². The zero-order chi connectivity index (χ0) is 14.3. The highest BCUT2D eigenvalue weighted by molar-refractivity contribution is 5.39. The maximum absolute atomic E-state index is 12.5. The Labute approximate surface area is 108 Å². The fourth-order valence-corrected chi connectivity index (χ4v) is 1.24. The van der Waals surface area contributed by atoms with Gasteiger partial charge in [-0.3, -0.25) is 0 Å². The number of nitrogens with zero attached hydrogens (tertiary/aromatic N) is 2. The van der Waals surface area contributed by atoms with Crippen LogP contribution in [-0.4, -0.2) is 24.8 Å². The fraction of sp³-hybridized carbons (Fsp3) is 0.500. The third-order valence-corrected chi connectivity index (χ3v) is 2.09. The van der Waals surface area contributed by atoms with Crippen molar-refractivity contribution in [3.63, 3.8) is 0 Å². The van der Waals surface area contributed by atoms with Crippen LogP contribution in [-0.2, 0) is 10.9 Å². The quantitative estimate of drug-likeness (QED) is 0.748. The molecular weight excluding hydrogens is 261 g/mol. The molecule has 0 amide bonds. The Hall–Kier alpha value is -1.81. The topological polar surface area (TPSA) is 55.1 Å². The molecule has 1 aromatic heterocycles. The van der Waals surface area contributed by atoms with E-state index in [0.717, 1.165) is 18.6 Å². The standard InChI is InChI=1S/C12H13F3N2O2/c1-2-5-18-6-7-19-11-9(8-16)3-4-10(17-11)12(13,14)15/h3-4H,2,5-7H2,1H3. The lowest BCUT2D eigenvalue weighted by atomic mass is 10.2. The Morgan fingerprint density at radius 2 is 2.00 bits per heavy atom. The number of halogens is 3. The summed E-state index contributed by atoms with van der Waals surface area (Å²) in [4.78, 5) is 3.31. The maximum Gasteiger partial charge on any atom is 0.433 e. The molecule has 0 atom stereocenters. The van der Waals surface area contributed by atoms with Gasteiger partial charge in [-0.2, -0.15) is 18.4 Å². The number of hydrogen-bond donors (Lipinski definition) is 0. The van der Waals surface area contributed by atoms with Gasteiger partial charge in [0.25, 0.3) is 0 Å². The Morgan fingerprint density at radius 1 is 1.26 bits per heavy atom. The molecule has 0 N–H and O–H groups in total. The van der Waals surface area contributed by atoms with E-state index in [1.165, 1.54) is 0 Å². The maximum atomic E-state index is 12.5. The summed E-state index contributed by atoms with van der Waals surface area (Å²) < 4.78 is 47.6. The third kappa shape index (κ3) is 4.75. The molecule has 7 heteroatoms. The highest BCUT2D eigenvalue weighted by Gasteiger charge is 2.33. The van der Waals surface area contributed by atoms with Gasteiger partial charge in [0.15, 0.2) is 0 Å². The van der Waals surface area contributed by atoms with Crippen molar-refractivity contribution in [3.05, 3.63) is 23.4 Å². The van der Waals surface area contributed by atoms with E-state index in [4.69, 9.17) is 14.7 Å². The lowest BCUT2D eigenvalue weighted by Crippen LogP contribution is -2.12. The summed E-state index contributed by atoms with van der Waals surface area (Å²) in [5, 5.41) is 8.77. The molecule has 0 aliphatic heterocycles. The van der Waals surface area contributed by atoms with Crippen molar-refractivity contribution >= 4 is 0 Å². The minimum Gasteiger partial charge on any atom is -0.474 e. The number of aromatic nitrogens is 1. The summed E-state index contributed by atoms with van der Waals surface area (Å²) >= 11 is 0. The SMILES string of the molecule is CCCOCCOc1nc(C(F)(F)F)ccc1C#N. The second-order valence-corrected chi connectivity index (χ2v) is 3.62. The van der Waals surface area contributed by atoms with Crippen LogP contribution in [0.15, 0.2) is 12.1 Å². The minimum atomic E-state index is -4.56. The second kappa shape index (κ2) is 6.95. The fourth-order valence-electron chi connectivity index (χ4n) is 1.24. The van der Waals surface area contributed by atoms with Crippen LogP contribution >= 0.6 is 0 Å². The summed E-state index contributed by atoms with van der Waals surface area (Å²) in [6.45, 7) is 2.76. The van der Waals surface area contributed by atoms with Crippen LogP contribution in [0.2, 0.25) is 0 Å². The summed E-state index contributed by atoms with van der Waals surface area (Å²) in [6.07, 6.45) is -3.73. The van der Waals surface area contributed by atoms with Crippen LogP contribution < -0.4 is 4.74 Å². The van der Waals surface area contributed by atoms with Crippen LogP contribution in [0.4, 0.5) is 13.2 Å². The van der Waals surface area contributed by atoms with Gasteiger partial charge < -0.3 is 9.47 Å². The van der Waals surface area contributed by atoms with Crippen molar-refractivity contribution in [2.75, 3.05) is 19.8 Å². The molecule has 1 aromatic rings. The van der Waals surface area contributed by atoms with Crippen molar-refractivity contribution in [1.29, 1.82) is 5.26 Å². The van der Waals surface area contributed by atoms with Crippen LogP contribution in [0.5, 0.6) is 5.88 Å². The van der Waals surface area contributed by atoms with Crippen molar-refractivity contribution in [3.8, 4) is 11.9 Å². The number of hydrogen-bond acceptors (Lipinski definition) is 4. The Morgan fingerprint density at radius 3 is 2.58 bits per heavy atom. The summed E-state index contributed by atoms with van der Waals surface area (Å²) in [6, 6.07) is 3.52. The summed E-state index contributed by atoms with van der Waals surface area (Å²) in [7, 11) is 0. The average Bonchev–Trinajstić information content (AvgIpc) is 2.37. The summed E-state index contributed by atoms with van der Waals surface area (Å²) in [5.74, 6) is -0.322. The van der Waals surface area contributed by atoms with E-state index in [0.29, 0.717) is 6.61 Å². The molecule has 104 valence electrons. The Bertz CT molecular complexity index is 455. The molecule has 0 saturated heterocycles. The van der Waals surface area contributed by atoms with E-state index in [2.05, 4.69) is 4.98 Å². The molecule has 0 radical (unpaired) electrons. The predicted octanol–water partition coefficient (Wildman–Crippen LogP) is 2.78. The van der Waals surface area contributed by atoms with Gasteiger partial charge in [-0.05, 0) is 18.6 Å². The molecule has 0 aliphatic carbocycles. The van der Waals surface area contributed by atoms with Crippen molar-refractivity contribution in [2.24, 2.45) is 0 Å². The van der Waals surface area contributed by atoms with Gasteiger partial charge >= 0.3 is 6.18 Å². The first-order valence-corrected chi connectivity index (χ1v) is 5.68. The Kier molecular flexibility index (Phi) is 5.57. The second-order valence-electron chi connectivity index (χ2n) is 3.62. The average molecular weight is 274 g/mol. The molecule has 0 unspecified atom stereocenters. The van der Waals surface area contributed by atoms with Crippen molar-refractivity contribution < 1.29 is 22.6 Å². The highest BCUT2D eigenvalue weighted by Crippen LogP contribution is 2.29. The van der Waals surface area contributed by atoms with Gasteiger partial charge in [0, 0.05) is 6.61 Å². The lowest BCUT2D eigenvalue weighted by Gasteiger charge is -2.10. The van der Waals surface area contributed by atoms with Crippen molar-refractivity contribution in [1.82, 2.24) is 4.98 Å². The molecular formula is C12H13F3N2O2. The molecule has 0 spiro atoms. The molecule has 0 saturated carbocycles. The van der Waals surface area contributed by atoms with E-state index >= 15 is 0 Å². The van der Waals surface area contributed by atoms with E-state index in [9.17, 15) is 13.2 Å². The van der Waals surface area contributed by atoms with Gasteiger partial charge in [0.05, 0.1) is 6.61 Å². The number of nitriles is 1. The predicted molar refractivity (Wildman–Crippen MR) is 60.6 cm³/mol. The largest absolute Gasteiger partial charge is 0.474 e. The number of ether oxygens (including phenoxy) is 2. The highest BCUT2D eigenvalue weighted by atomic mass is 19.4. The van der Waals surface area contributed by atoms with E-state index in [-0.39, 0.29) is 24.7 Å². The molecule has 19 heavy (non-hydrogen) atoms. The third-order valence-electron chi connectivity index (χ3n) is 2.09. The van der Waals surface area contributed by atoms with Crippen LogP contribution in [0.1, 0.15) is 24.6 Å². The van der Waals surface area contributed by atoms with Gasteiger partial charge in [-0.15, -0.1) is 0 Å². The van der Waals surface area contributed by atoms with Crippen molar-refractivity contribution in [2.45, 2.75) is 19.5 Å². The number of pyridine rings is 1. The summed E-state index contributed by atoms with van der Waals surface area (Å²) in [5.41, 5.74) is -1.13. The Balaban J connectivity index is 2.72. The lowest BCUT2D eigenvalue weighted by molar-refractivity contribution is -0.141. The number of alkyl halides is 3. The molecule has 1 rings (SSSR count). The molecule has 0 fully saturated rings. The zero-order valence-electron chi connectivity index (χ0n) is 10.3. The molecule has 0 bridgehead atoms. The normalized spacial score (nSPS) is 11.1. The van der Waals surface area contributed by atoms with Gasteiger partial charge in [0.2, 0.25) is 5.88 Å². The van der Waals surface area contributed by atoms with E-state index in [1.807, 2.05) is 6.92 Å². The molecule has 4 nitrogen and oxygen atoms in total.